The van der Waals surface area contributed by atoms with Gasteiger partial charge in [0, 0.05) is 22.7 Å². The van der Waals surface area contributed by atoms with Gasteiger partial charge in [-0.15, -0.1) is 0 Å². The summed E-state index contributed by atoms with van der Waals surface area (Å²) < 4.78 is 0. The zero-order valence-corrected chi connectivity index (χ0v) is 12.8. The summed E-state index contributed by atoms with van der Waals surface area (Å²) in [5, 5.41) is 0.623. The van der Waals surface area contributed by atoms with Crippen LogP contribution in [0, 0.1) is 13.8 Å². The minimum Gasteiger partial charge on any atom is -0.328 e. The van der Waals surface area contributed by atoms with Crippen LogP contribution in [0.3, 0.4) is 0 Å². The minimum absolute atomic E-state index is 0.119. The molecule has 0 amide bonds. The van der Waals surface area contributed by atoms with Gasteiger partial charge in [-0.2, -0.15) is 0 Å². The summed E-state index contributed by atoms with van der Waals surface area (Å²) in [5.41, 5.74) is 8.81. The second-order valence-electron chi connectivity index (χ2n) is 5.08. The van der Waals surface area contributed by atoms with Crippen molar-refractivity contribution in [3.63, 3.8) is 0 Å². The number of aryl methyl sites for hydroxylation is 2. The van der Waals surface area contributed by atoms with Gasteiger partial charge in [0.2, 0.25) is 0 Å². The number of hydrogen-bond donors (Lipinski definition) is 2. The van der Waals surface area contributed by atoms with Gasteiger partial charge in [0.1, 0.15) is 0 Å². The lowest BCUT2D eigenvalue weighted by molar-refractivity contribution is 0.737. The van der Waals surface area contributed by atoms with Gasteiger partial charge in [0.15, 0.2) is 5.16 Å². The smallest absolute Gasteiger partial charge is 0.251 e. The number of aromatic amines is 1. The van der Waals surface area contributed by atoms with Crippen LogP contribution in [-0.2, 0) is 6.42 Å². The zero-order chi connectivity index (χ0) is 14.7. The van der Waals surface area contributed by atoms with Crippen molar-refractivity contribution >= 4 is 11.8 Å². The van der Waals surface area contributed by atoms with Gasteiger partial charge in [-0.3, -0.25) is 4.79 Å². The Morgan fingerprint density at radius 2 is 2.10 bits per heavy atom. The maximum atomic E-state index is 11.4. The van der Waals surface area contributed by atoms with Crippen LogP contribution in [0.1, 0.15) is 23.7 Å². The molecule has 1 aromatic carbocycles. The molecule has 0 saturated carbocycles. The maximum Gasteiger partial charge on any atom is 0.251 e. The molecule has 4 nitrogen and oxygen atoms in total. The number of benzene rings is 1. The normalized spacial score (nSPS) is 12.4. The third-order valence-electron chi connectivity index (χ3n) is 2.85. The maximum absolute atomic E-state index is 11.4. The van der Waals surface area contributed by atoms with E-state index in [0.717, 1.165) is 22.6 Å². The average Bonchev–Trinajstić information content (AvgIpc) is 2.30. The SMILES string of the molecule is Cc1cc(=O)[nH]c(Sc2ccc(CC(C)N)cc2C)n1. The largest absolute Gasteiger partial charge is 0.328 e. The second-order valence-corrected chi connectivity index (χ2v) is 6.11. The molecule has 1 heterocycles. The highest BCUT2D eigenvalue weighted by Gasteiger charge is 2.06. The Bertz CT molecular complexity index is 664. The van der Waals surface area contributed by atoms with Crippen LogP contribution >= 0.6 is 11.8 Å². The number of nitrogens with two attached hydrogens (primary N) is 1. The summed E-state index contributed by atoms with van der Waals surface area (Å²) in [6, 6.07) is 7.91. The second kappa shape index (κ2) is 6.24. The Labute approximate surface area is 122 Å². The molecule has 0 fully saturated rings. The highest BCUT2D eigenvalue weighted by molar-refractivity contribution is 7.99. The van der Waals surface area contributed by atoms with Crippen molar-refractivity contribution < 1.29 is 0 Å². The van der Waals surface area contributed by atoms with Gasteiger partial charge >= 0.3 is 0 Å². The molecule has 5 heteroatoms. The molecule has 20 heavy (non-hydrogen) atoms. The summed E-state index contributed by atoms with van der Waals surface area (Å²) >= 11 is 1.47. The number of hydrogen-bond acceptors (Lipinski definition) is 4. The molecule has 1 atom stereocenters. The molecule has 0 saturated heterocycles. The Balaban J connectivity index is 2.23. The van der Waals surface area contributed by atoms with E-state index < -0.39 is 0 Å². The summed E-state index contributed by atoms with van der Waals surface area (Å²) in [7, 11) is 0. The molecule has 0 spiro atoms. The third kappa shape index (κ3) is 3.95. The third-order valence-corrected chi connectivity index (χ3v) is 3.92. The van der Waals surface area contributed by atoms with E-state index in [-0.39, 0.29) is 11.6 Å². The summed E-state index contributed by atoms with van der Waals surface area (Å²) in [6.45, 7) is 5.87. The number of nitrogens with one attached hydrogen (secondary N) is 1. The summed E-state index contributed by atoms with van der Waals surface area (Å²) in [4.78, 5) is 19.6. The molecule has 106 valence electrons. The van der Waals surface area contributed by atoms with Crippen molar-refractivity contribution in [1.82, 2.24) is 9.97 Å². The molecule has 0 bridgehead atoms. The van der Waals surface area contributed by atoms with Crippen LogP contribution in [0.2, 0.25) is 0 Å². The molecule has 2 aromatic rings. The molecule has 1 aromatic heterocycles. The fourth-order valence-electron chi connectivity index (χ4n) is 2.03. The molecule has 0 aliphatic carbocycles. The van der Waals surface area contributed by atoms with E-state index in [4.69, 9.17) is 5.73 Å². The predicted octanol–water partition coefficient (Wildman–Crippen LogP) is 2.43. The van der Waals surface area contributed by atoms with E-state index in [9.17, 15) is 4.79 Å². The lowest BCUT2D eigenvalue weighted by Crippen LogP contribution is -2.17. The monoisotopic (exact) mass is 289 g/mol. The van der Waals surface area contributed by atoms with Gasteiger partial charge in [-0.05, 0) is 44.4 Å². The lowest BCUT2D eigenvalue weighted by Gasteiger charge is -2.09. The molecule has 2 rings (SSSR count). The number of rotatable bonds is 4. The van der Waals surface area contributed by atoms with Gasteiger partial charge in [-0.1, -0.05) is 23.9 Å². The van der Waals surface area contributed by atoms with Gasteiger partial charge in [0.05, 0.1) is 0 Å². The van der Waals surface area contributed by atoms with E-state index in [0.29, 0.717) is 5.16 Å². The molecule has 0 aliphatic rings. The molecular weight excluding hydrogens is 270 g/mol. The van der Waals surface area contributed by atoms with Gasteiger partial charge in [-0.25, -0.2) is 4.98 Å². The van der Waals surface area contributed by atoms with Crippen LogP contribution in [0.25, 0.3) is 0 Å². The van der Waals surface area contributed by atoms with Crippen LogP contribution in [0.15, 0.2) is 39.1 Å². The van der Waals surface area contributed by atoms with Crippen LogP contribution in [0.5, 0.6) is 0 Å². The standard InChI is InChI=1S/C15H19N3OS/c1-9-6-12(7-10(2)16)4-5-13(9)20-15-17-11(3)8-14(19)18-15/h4-6,8,10H,7,16H2,1-3H3,(H,17,18,19). The fourth-order valence-corrected chi connectivity index (χ4v) is 2.93. The van der Waals surface area contributed by atoms with E-state index in [1.54, 1.807) is 0 Å². The Morgan fingerprint density at radius 3 is 2.70 bits per heavy atom. The fraction of sp³-hybridized carbons (Fsp3) is 0.333. The van der Waals surface area contributed by atoms with E-state index in [1.807, 2.05) is 13.8 Å². The van der Waals surface area contributed by atoms with Gasteiger partial charge < -0.3 is 10.7 Å². The molecular formula is C15H19N3OS. The predicted molar refractivity (Wildman–Crippen MR) is 82.3 cm³/mol. The van der Waals surface area contributed by atoms with Crippen molar-refractivity contribution in [2.75, 3.05) is 0 Å². The topological polar surface area (TPSA) is 71.8 Å². The molecule has 0 aliphatic heterocycles. The van der Waals surface area contributed by atoms with Crippen LogP contribution in [0.4, 0.5) is 0 Å². The van der Waals surface area contributed by atoms with Crippen LogP contribution in [-0.4, -0.2) is 16.0 Å². The number of nitrogens with zero attached hydrogens (tertiary/aromatic N) is 1. The van der Waals surface area contributed by atoms with Crippen molar-refractivity contribution in [3.8, 4) is 0 Å². The Kier molecular flexibility index (Phi) is 4.62. The molecule has 1 unspecified atom stereocenters. The first-order valence-corrected chi connectivity index (χ1v) is 7.36. The average molecular weight is 289 g/mol. The van der Waals surface area contributed by atoms with Crippen molar-refractivity contribution in [2.45, 2.75) is 43.3 Å². The highest BCUT2D eigenvalue weighted by Crippen LogP contribution is 2.28. The van der Waals surface area contributed by atoms with E-state index in [2.05, 4.69) is 35.1 Å². The number of H-pyrrole nitrogens is 1. The quantitative estimate of drug-likeness (QED) is 0.848. The van der Waals surface area contributed by atoms with Crippen LogP contribution < -0.4 is 11.3 Å². The zero-order valence-electron chi connectivity index (χ0n) is 11.9. The minimum atomic E-state index is -0.119. The molecule has 0 radical (unpaired) electrons. The van der Waals surface area contributed by atoms with Crippen molar-refractivity contribution in [1.29, 1.82) is 0 Å². The Morgan fingerprint density at radius 1 is 1.35 bits per heavy atom. The first kappa shape index (κ1) is 14.8. The molecule has 3 N–H and O–H groups in total. The van der Waals surface area contributed by atoms with Gasteiger partial charge in [0.25, 0.3) is 5.56 Å². The van der Waals surface area contributed by atoms with E-state index >= 15 is 0 Å². The number of aromatic nitrogens is 2. The lowest BCUT2D eigenvalue weighted by atomic mass is 10.1. The first-order valence-electron chi connectivity index (χ1n) is 6.55. The summed E-state index contributed by atoms with van der Waals surface area (Å²) in [6.07, 6.45) is 0.866. The first-order chi connectivity index (χ1) is 9.44. The summed E-state index contributed by atoms with van der Waals surface area (Å²) in [5.74, 6) is 0. The van der Waals surface area contributed by atoms with Crippen molar-refractivity contribution in [3.05, 3.63) is 51.4 Å². The van der Waals surface area contributed by atoms with Crippen molar-refractivity contribution in [2.24, 2.45) is 5.73 Å². The highest BCUT2D eigenvalue weighted by atomic mass is 32.2. The van der Waals surface area contributed by atoms with E-state index in [1.165, 1.54) is 23.4 Å². The Hall–Kier alpha value is -1.59.